The number of nitrogens with one attached hydrogen (secondary N) is 1. The minimum Gasteiger partial charge on any atom is -0.493 e. The van der Waals surface area contributed by atoms with Gasteiger partial charge in [0.15, 0.2) is 11.5 Å². The molecule has 0 radical (unpaired) electrons. The number of carbonyl (C=O) groups is 2. The highest BCUT2D eigenvalue weighted by atomic mass is 19.1. The van der Waals surface area contributed by atoms with Gasteiger partial charge >= 0.3 is 0 Å². The molecule has 1 aliphatic heterocycles. The smallest absolute Gasteiger partial charge is 0.256 e. The van der Waals surface area contributed by atoms with Gasteiger partial charge in [-0.3, -0.25) is 9.59 Å². The molecule has 7 heteroatoms. The first-order valence-corrected chi connectivity index (χ1v) is 10.4. The minimum absolute atomic E-state index is 0.0825. The zero-order chi connectivity index (χ0) is 22.7. The maximum Gasteiger partial charge on any atom is 0.256 e. The van der Waals surface area contributed by atoms with Crippen molar-refractivity contribution in [3.8, 4) is 11.5 Å². The Bertz CT molecular complexity index is 982. The van der Waals surface area contributed by atoms with Crippen molar-refractivity contribution in [2.45, 2.75) is 52.1 Å². The van der Waals surface area contributed by atoms with Crippen molar-refractivity contribution >= 4 is 17.5 Å². The van der Waals surface area contributed by atoms with Crippen LogP contribution in [0.4, 0.5) is 10.1 Å². The van der Waals surface area contributed by atoms with Crippen LogP contribution in [0.15, 0.2) is 30.3 Å². The van der Waals surface area contributed by atoms with Crippen LogP contribution in [0, 0.1) is 12.7 Å². The zero-order valence-electron chi connectivity index (χ0n) is 18.6. The van der Waals surface area contributed by atoms with Crippen molar-refractivity contribution in [2.24, 2.45) is 0 Å². The second-order valence-corrected chi connectivity index (χ2v) is 8.01. The predicted molar refractivity (Wildman–Crippen MR) is 118 cm³/mol. The number of hydrogen-bond donors (Lipinski definition) is 1. The van der Waals surface area contributed by atoms with Crippen LogP contribution in [0.3, 0.4) is 0 Å². The zero-order valence-corrected chi connectivity index (χ0v) is 18.6. The summed E-state index contributed by atoms with van der Waals surface area (Å²) in [5.41, 5.74) is 1.21. The molecular weight excluding hydrogens is 399 g/mol. The van der Waals surface area contributed by atoms with Gasteiger partial charge in [0, 0.05) is 23.7 Å². The van der Waals surface area contributed by atoms with Gasteiger partial charge in [0.1, 0.15) is 5.82 Å². The third-order valence-electron chi connectivity index (χ3n) is 5.86. The van der Waals surface area contributed by atoms with Crippen LogP contribution in [0.2, 0.25) is 0 Å². The number of nitrogens with zero attached hydrogens (tertiary/aromatic N) is 1. The van der Waals surface area contributed by atoms with Crippen molar-refractivity contribution in [3.05, 3.63) is 52.8 Å². The summed E-state index contributed by atoms with van der Waals surface area (Å²) in [5.74, 6) is -0.398. The van der Waals surface area contributed by atoms with E-state index in [1.165, 1.54) is 20.3 Å². The lowest BCUT2D eigenvalue weighted by Crippen LogP contribution is -2.47. The molecule has 1 heterocycles. The number of hydrogen-bond acceptors (Lipinski definition) is 4. The van der Waals surface area contributed by atoms with E-state index in [0.717, 1.165) is 19.3 Å². The molecule has 2 aromatic rings. The average molecular weight is 429 g/mol. The van der Waals surface area contributed by atoms with E-state index in [2.05, 4.69) is 5.32 Å². The number of methoxy groups -OCH3 is 2. The van der Waals surface area contributed by atoms with Gasteiger partial charge in [0.2, 0.25) is 0 Å². The standard InChI is InChI=1S/C24H29FN2O4/c1-14-9-10-17(11-19(14)25)23(28)26-20-13-22(31-5)21(30-4)12-18(20)24(29)27-15(2)7-6-8-16(27)3/h9-13,15-16H,6-8H2,1-5H3,(H,26,28)/t15-,16-/m0/s1. The lowest BCUT2D eigenvalue weighted by atomic mass is 9.96. The molecule has 0 bridgehead atoms. The highest BCUT2D eigenvalue weighted by Gasteiger charge is 2.32. The molecule has 3 rings (SSSR count). The minimum atomic E-state index is -0.514. The maximum atomic E-state index is 14.0. The number of carbonyl (C=O) groups excluding carboxylic acids is 2. The van der Waals surface area contributed by atoms with E-state index in [9.17, 15) is 14.0 Å². The van der Waals surface area contributed by atoms with Crippen molar-refractivity contribution in [1.82, 2.24) is 4.90 Å². The summed E-state index contributed by atoms with van der Waals surface area (Å²) in [5, 5.41) is 2.76. The molecule has 1 N–H and O–H groups in total. The molecule has 0 aliphatic carbocycles. The summed E-state index contributed by atoms with van der Waals surface area (Å²) in [4.78, 5) is 28.2. The first-order valence-electron chi connectivity index (χ1n) is 10.4. The van der Waals surface area contributed by atoms with Gasteiger partial charge < -0.3 is 19.7 Å². The molecule has 0 aromatic heterocycles. The summed E-state index contributed by atoms with van der Waals surface area (Å²) < 4.78 is 24.7. The van der Waals surface area contributed by atoms with E-state index in [-0.39, 0.29) is 23.6 Å². The fraction of sp³-hybridized carbons (Fsp3) is 0.417. The van der Waals surface area contributed by atoms with E-state index in [0.29, 0.717) is 28.3 Å². The third kappa shape index (κ3) is 4.65. The van der Waals surface area contributed by atoms with Crippen LogP contribution < -0.4 is 14.8 Å². The SMILES string of the molecule is COc1cc(NC(=O)c2ccc(C)c(F)c2)c(C(=O)N2[C@@H](C)CCC[C@@H]2C)cc1OC. The monoisotopic (exact) mass is 428 g/mol. The Balaban J connectivity index is 2.02. The molecule has 6 nitrogen and oxygen atoms in total. The summed E-state index contributed by atoms with van der Waals surface area (Å²) in [6.07, 6.45) is 2.92. The number of anilines is 1. The lowest BCUT2D eigenvalue weighted by Gasteiger charge is -2.39. The van der Waals surface area contributed by atoms with Crippen LogP contribution in [-0.2, 0) is 0 Å². The Morgan fingerprint density at radius 3 is 2.23 bits per heavy atom. The number of benzene rings is 2. The van der Waals surface area contributed by atoms with E-state index < -0.39 is 11.7 Å². The third-order valence-corrected chi connectivity index (χ3v) is 5.86. The number of rotatable bonds is 5. The molecule has 166 valence electrons. The number of likely N-dealkylation sites (tertiary alicyclic amines) is 1. The predicted octanol–water partition coefficient (Wildman–Crippen LogP) is 4.81. The molecule has 1 saturated heterocycles. The normalized spacial score (nSPS) is 18.5. The molecule has 1 aliphatic rings. The number of amides is 2. The van der Waals surface area contributed by atoms with Crippen LogP contribution in [0.5, 0.6) is 11.5 Å². The van der Waals surface area contributed by atoms with Crippen LogP contribution in [-0.4, -0.2) is 43.0 Å². The molecule has 31 heavy (non-hydrogen) atoms. The van der Waals surface area contributed by atoms with Crippen LogP contribution >= 0.6 is 0 Å². The molecule has 2 atom stereocenters. The van der Waals surface area contributed by atoms with Crippen molar-refractivity contribution in [3.63, 3.8) is 0 Å². The lowest BCUT2D eigenvalue weighted by molar-refractivity contribution is 0.0511. The molecule has 1 fully saturated rings. The van der Waals surface area contributed by atoms with Crippen molar-refractivity contribution in [2.75, 3.05) is 19.5 Å². The van der Waals surface area contributed by atoms with Gasteiger partial charge in [-0.15, -0.1) is 0 Å². The number of halogens is 1. The number of ether oxygens (including phenoxy) is 2. The largest absolute Gasteiger partial charge is 0.493 e. The van der Waals surface area contributed by atoms with Gasteiger partial charge in [0.05, 0.1) is 25.5 Å². The van der Waals surface area contributed by atoms with Crippen molar-refractivity contribution < 1.29 is 23.5 Å². The topological polar surface area (TPSA) is 67.9 Å². The fourth-order valence-electron chi connectivity index (χ4n) is 4.05. The van der Waals surface area contributed by atoms with Gasteiger partial charge in [-0.2, -0.15) is 0 Å². The van der Waals surface area contributed by atoms with E-state index >= 15 is 0 Å². The average Bonchev–Trinajstić information content (AvgIpc) is 2.74. The summed E-state index contributed by atoms with van der Waals surface area (Å²) in [6, 6.07) is 7.58. The maximum absolute atomic E-state index is 14.0. The highest BCUT2D eigenvalue weighted by molar-refractivity contribution is 6.09. The van der Waals surface area contributed by atoms with Gasteiger partial charge in [0.25, 0.3) is 11.8 Å². The summed E-state index contributed by atoms with van der Waals surface area (Å²) >= 11 is 0. The number of piperidine rings is 1. The Kier molecular flexibility index (Phi) is 6.83. The van der Waals surface area contributed by atoms with E-state index in [1.807, 2.05) is 18.7 Å². The molecule has 0 saturated carbocycles. The Morgan fingerprint density at radius 1 is 1.03 bits per heavy atom. The van der Waals surface area contributed by atoms with Gasteiger partial charge in [-0.05, 0) is 63.8 Å². The Labute approximate surface area is 182 Å². The van der Waals surface area contributed by atoms with E-state index in [1.54, 1.807) is 31.2 Å². The Morgan fingerprint density at radius 2 is 1.65 bits per heavy atom. The molecule has 0 spiro atoms. The molecular formula is C24H29FN2O4. The van der Waals surface area contributed by atoms with Crippen LogP contribution in [0.25, 0.3) is 0 Å². The van der Waals surface area contributed by atoms with Crippen molar-refractivity contribution in [1.29, 1.82) is 0 Å². The second-order valence-electron chi connectivity index (χ2n) is 8.01. The summed E-state index contributed by atoms with van der Waals surface area (Å²) in [7, 11) is 2.97. The molecule has 2 aromatic carbocycles. The first-order chi connectivity index (χ1) is 14.8. The Hall–Kier alpha value is -3.09. The first kappa shape index (κ1) is 22.6. The highest BCUT2D eigenvalue weighted by Crippen LogP contribution is 2.36. The van der Waals surface area contributed by atoms with Crippen LogP contribution in [0.1, 0.15) is 59.4 Å². The number of aryl methyl sites for hydroxylation is 1. The quantitative estimate of drug-likeness (QED) is 0.742. The molecule has 0 unspecified atom stereocenters. The fourth-order valence-corrected chi connectivity index (χ4v) is 4.05. The van der Waals surface area contributed by atoms with Gasteiger partial charge in [-0.25, -0.2) is 4.39 Å². The molecule has 2 amide bonds. The van der Waals surface area contributed by atoms with E-state index in [4.69, 9.17) is 9.47 Å². The second kappa shape index (κ2) is 9.37. The summed E-state index contributed by atoms with van der Waals surface area (Å²) in [6.45, 7) is 5.69. The van der Waals surface area contributed by atoms with Gasteiger partial charge in [-0.1, -0.05) is 6.07 Å².